The molecule has 0 aromatic carbocycles. The zero-order chi connectivity index (χ0) is 12.7. The molecule has 1 heterocycles. The number of carbonyl (C=O) groups is 2. The number of hydrogen-bond donors (Lipinski definition) is 1. The standard InChI is InChI=1S/C12H22N2O3/c1-10(2)17-12(16)13-7-6-11(15)14-8-4-3-5-9-14/h10H,3-9H2,1-2H3,(H,13,16). The molecule has 17 heavy (non-hydrogen) atoms. The van der Waals surface area contributed by atoms with Gasteiger partial charge in [-0.2, -0.15) is 0 Å². The lowest BCUT2D eigenvalue weighted by molar-refractivity contribution is -0.131. The molecule has 2 amide bonds. The van der Waals surface area contributed by atoms with Crippen LogP contribution in [-0.2, 0) is 9.53 Å². The predicted octanol–water partition coefficient (Wildman–Crippen LogP) is 1.52. The molecule has 1 saturated heterocycles. The van der Waals surface area contributed by atoms with Crippen molar-refractivity contribution in [3.8, 4) is 0 Å². The summed E-state index contributed by atoms with van der Waals surface area (Å²) in [5, 5.41) is 2.58. The molecule has 0 spiro atoms. The molecule has 0 aromatic heterocycles. The van der Waals surface area contributed by atoms with Gasteiger partial charge in [-0.15, -0.1) is 0 Å². The first kappa shape index (κ1) is 13.8. The molecule has 98 valence electrons. The van der Waals surface area contributed by atoms with Crippen LogP contribution in [0.4, 0.5) is 4.79 Å². The third-order valence-corrected chi connectivity index (χ3v) is 2.66. The Morgan fingerprint density at radius 1 is 1.24 bits per heavy atom. The molecule has 5 heteroatoms. The van der Waals surface area contributed by atoms with Gasteiger partial charge in [-0.1, -0.05) is 0 Å². The molecular formula is C12H22N2O3. The second-order valence-corrected chi connectivity index (χ2v) is 4.57. The summed E-state index contributed by atoms with van der Waals surface area (Å²) < 4.78 is 4.90. The van der Waals surface area contributed by atoms with Crippen LogP contribution in [0.25, 0.3) is 0 Å². The molecule has 1 rings (SSSR count). The number of piperidine rings is 1. The van der Waals surface area contributed by atoms with E-state index in [9.17, 15) is 9.59 Å². The normalized spacial score (nSPS) is 15.8. The highest BCUT2D eigenvalue weighted by atomic mass is 16.6. The third kappa shape index (κ3) is 5.56. The van der Waals surface area contributed by atoms with Gasteiger partial charge < -0.3 is 15.0 Å². The van der Waals surface area contributed by atoms with Gasteiger partial charge in [0.1, 0.15) is 0 Å². The van der Waals surface area contributed by atoms with E-state index in [1.807, 2.05) is 4.90 Å². The Balaban J connectivity index is 2.13. The summed E-state index contributed by atoms with van der Waals surface area (Å²) in [6.45, 7) is 5.64. The van der Waals surface area contributed by atoms with Crippen molar-refractivity contribution < 1.29 is 14.3 Å². The van der Waals surface area contributed by atoms with Gasteiger partial charge in [-0.25, -0.2) is 4.79 Å². The van der Waals surface area contributed by atoms with Crippen LogP contribution >= 0.6 is 0 Å². The number of rotatable bonds is 4. The minimum atomic E-state index is -0.452. The number of ether oxygens (including phenoxy) is 1. The molecule has 1 aliphatic heterocycles. The topological polar surface area (TPSA) is 58.6 Å². The largest absolute Gasteiger partial charge is 0.447 e. The van der Waals surface area contributed by atoms with Crippen molar-refractivity contribution in [2.45, 2.75) is 45.6 Å². The van der Waals surface area contributed by atoms with E-state index < -0.39 is 6.09 Å². The molecule has 1 aliphatic rings. The molecule has 0 aromatic rings. The highest BCUT2D eigenvalue weighted by molar-refractivity contribution is 5.77. The van der Waals surface area contributed by atoms with Gasteiger partial charge in [-0.05, 0) is 33.1 Å². The molecule has 1 N–H and O–H groups in total. The van der Waals surface area contributed by atoms with Crippen LogP contribution in [0.2, 0.25) is 0 Å². The van der Waals surface area contributed by atoms with E-state index in [0.29, 0.717) is 13.0 Å². The second kappa shape index (κ2) is 7.14. The lowest BCUT2D eigenvalue weighted by Gasteiger charge is -2.26. The van der Waals surface area contributed by atoms with Gasteiger partial charge in [0, 0.05) is 26.1 Å². The lowest BCUT2D eigenvalue weighted by atomic mass is 10.1. The number of nitrogens with one attached hydrogen (secondary N) is 1. The Hall–Kier alpha value is -1.26. The SMILES string of the molecule is CC(C)OC(=O)NCCC(=O)N1CCCCC1. The van der Waals surface area contributed by atoms with E-state index in [1.165, 1.54) is 6.42 Å². The molecule has 0 radical (unpaired) electrons. The van der Waals surface area contributed by atoms with Crippen molar-refractivity contribution in [3.63, 3.8) is 0 Å². The first-order chi connectivity index (χ1) is 8.09. The fourth-order valence-electron chi connectivity index (χ4n) is 1.83. The van der Waals surface area contributed by atoms with Gasteiger partial charge in [0.05, 0.1) is 6.10 Å². The molecule has 1 fully saturated rings. The van der Waals surface area contributed by atoms with Crippen LogP contribution in [-0.4, -0.2) is 42.6 Å². The lowest BCUT2D eigenvalue weighted by Crippen LogP contribution is -2.38. The van der Waals surface area contributed by atoms with E-state index in [0.717, 1.165) is 25.9 Å². The Labute approximate surface area is 102 Å². The van der Waals surface area contributed by atoms with E-state index in [4.69, 9.17) is 4.74 Å². The van der Waals surface area contributed by atoms with Crippen LogP contribution in [0.5, 0.6) is 0 Å². The summed E-state index contributed by atoms with van der Waals surface area (Å²) in [7, 11) is 0. The maximum Gasteiger partial charge on any atom is 0.407 e. The molecule has 0 saturated carbocycles. The number of carbonyl (C=O) groups excluding carboxylic acids is 2. The minimum absolute atomic E-state index is 0.120. The van der Waals surface area contributed by atoms with Gasteiger partial charge >= 0.3 is 6.09 Å². The van der Waals surface area contributed by atoms with Gasteiger partial charge in [0.2, 0.25) is 5.91 Å². The Morgan fingerprint density at radius 2 is 1.88 bits per heavy atom. The maximum atomic E-state index is 11.7. The third-order valence-electron chi connectivity index (χ3n) is 2.66. The molecule has 5 nitrogen and oxygen atoms in total. The monoisotopic (exact) mass is 242 g/mol. The number of alkyl carbamates (subject to hydrolysis) is 1. The number of amides is 2. The van der Waals surface area contributed by atoms with Crippen LogP contribution < -0.4 is 5.32 Å². The Morgan fingerprint density at radius 3 is 2.47 bits per heavy atom. The van der Waals surface area contributed by atoms with Crippen molar-refractivity contribution in [3.05, 3.63) is 0 Å². The van der Waals surface area contributed by atoms with Crippen LogP contribution in [0.15, 0.2) is 0 Å². The van der Waals surface area contributed by atoms with E-state index in [-0.39, 0.29) is 12.0 Å². The predicted molar refractivity (Wildman–Crippen MR) is 64.7 cm³/mol. The Kier molecular flexibility index (Phi) is 5.80. The van der Waals surface area contributed by atoms with Crippen molar-refractivity contribution >= 4 is 12.0 Å². The second-order valence-electron chi connectivity index (χ2n) is 4.57. The van der Waals surface area contributed by atoms with Crippen LogP contribution in [0.1, 0.15) is 39.5 Å². The summed E-state index contributed by atoms with van der Waals surface area (Å²) >= 11 is 0. The van der Waals surface area contributed by atoms with E-state index in [1.54, 1.807) is 13.8 Å². The molecule has 0 aliphatic carbocycles. The average molecular weight is 242 g/mol. The van der Waals surface area contributed by atoms with E-state index in [2.05, 4.69) is 5.32 Å². The maximum absolute atomic E-state index is 11.7. The van der Waals surface area contributed by atoms with Crippen LogP contribution in [0.3, 0.4) is 0 Å². The zero-order valence-corrected chi connectivity index (χ0v) is 10.7. The first-order valence-electron chi connectivity index (χ1n) is 6.32. The van der Waals surface area contributed by atoms with Gasteiger partial charge in [-0.3, -0.25) is 4.79 Å². The summed E-state index contributed by atoms with van der Waals surface area (Å²) in [5.41, 5.74) is 0. The number of nitrogens with zero attached hydrogens (tertiary/aromatic N) is 1. The van der Waals surface area contributed by atoms with Gasteiger partial charge in [0.15, 0.2) is 0 Å². The molecule has 0 bridgehead atoms. The van der Waals surface area contributed by atoms with Gasteiger partial charge in [0.25, 0.3) is 0 Å². The van der Waals surface area contributed by atoms with Crippen molar-refractivity contribution in [1.82, 2.24) is 10.2 Å². The number of likely N-dealkylation sites (tertiary alicyclic amines) is 1. The quantitative estimate of drug-likeness (QED) is 0.813. The van der Waals surface area contributed by atoms with Crippen LogP contribution in [0, 0.1) is 0 Å². The number of hydrogen-bond acceptors (Lipinski definition) is 3. The Bertz CT molecular complexity index is 260. The highest BCUT2D eigenvalue weighted by Crippen LogP contribution is 2.09. The van der Waals surface area contributed by atoms with Crippen molar-refractivity contribution in [1.29, 1.82) is 0 Å². The summed E-state index contributed by atoms with van der Waals surface area (Å²) in [6.07, 6.45) is 3.17. The fourth-order valence-corrected chi connectivity index (χ4v) is 1.83. The molecule has 0 atom stereocenters. The van der Waals surface area contributed by atoms with Crippen molar-refractivity contribution in [2.75, 3.05) is 19.6 Å². The zero-order valence-electron chi connectivity index (χ0n) is 10.7. The summed E-state index contributed by atoms with van der Waals surface area (Å²) in [6, 6.07) is 0. The average Bonchev–Trinajstić information content (AvgIpc) is 2.29. The van der Waals surface area contributed by atoms with Crippen molar-refractivity contribution in [2.24, 2.45) is 0 Å². The fraction of sp³-hybridized carbons (Fsp3) is 0.833. The minimum Gasteiger partial charge on any atom is -0.447 e. The highest BCUT2D eigenvalue weighted by Gasteiger charge is 2.16. The van der Waals surface area contributed by atoms with E-state index >= 15 is 0 Å². The molecular weight excluding hydrogens is 220 g/mol. The summed E-state index contributed by atoms with van der Waals surface area (Å²) in [5.74, 6) is 0.120. The smallest absolute Gasteiger partial charge is 0.407 e. The molecule has 0 unspecified atom stereocenters. The first-order valence-corrected chi connectivity index (χ1v) is 6.32. The summed E-state index contributed by atoms with van der Waals surface area (Å²) in [4.78, 5) is 24.8.